The van der Waals surface area contributed by atoms with Crippen LogP contribution in [-0.2, 0) is 0 Å². The van der Waals surface area contributed by atoms with Gasteiger partial charge in [0, 0.05) is 55.0 Å². The minimum atomic E-state index is -0.420. The Hall–Kier alpha value is -3.80. The molecule has 0 spiro atoms. The van der Waals surface area contributed by atoms with Gasteiger partial charge in [-0.25, -0.2) is 10.4 Å². The maximum absolute atomic E-state index is 11.3. The molecular weight excluding hydrogens is 466 g/mol. The second kappa shape index (κ2) is 10.6. The van der Waals surface area contributed by atoms with Crippen molar-refractivity contribution < 1.29 is 4.92 Å². The Labute approximate surface area is 206 Å². The third-order valence-corrected chi connectivity index (χ3v) is 6.86. The van der Waals surface area contributed by atoms with E-state index in [4.69, 9.17) is 4.98 Å². The predicted molar refractivity (Wildman–Crippen MR) is 135 cm³/mol. The standard InChI is InChI=1S/C23H25N9O2S/c33-32(34)18-8-9-19(35-20-7-1-2-10-24-20)17(15-18)16-25-29-21-26-22(30-11-3-4-12-30)28-23(27-21)31-13-5-6-14-31/h1-2,7-10,15-16H,3-6,11-14H2,(H,26,27,28,29). The molecule has 3 aromatic rings. The van der Waals surface area contributed by atoms with E-state index in [1.165, 1.54) is 23.9 Å². The fourth-order valence-electron chi connectivity index (χ4n) is 4.04. The molecule has 11 nitrogen and oxygen atoms in total. The monoisotopic (exact) mass is 491 g/mol. The molecule has 2 aromatic heterocycles. The minimum absolute atomic E-state index is 0.00961. The van der Waals surface area contributed by atoms with E-state index < -0.39 is 4.92 Å². The molecule has 0 saturated carbocycles. The maximum atomic E-state index is 11.3. The van der Waals surface area contributed by atoms with E-state index in [0.29, 0.717) is 23.4 Å². The summed E-state index contributed by atoms with van der Waals surface area (Å²) in [6.07, 6.45) is 7.74. The molecule has 0 aliphatic carbocycles. The Morgan fingerprint density at radius 2 is 1.66 bits per heavy atom. The van der Waals surface area contributed by atoms with Gasteiger partial charge in [0.05, 0.1) is 11.1 Å². The van der Waals surface area contributed by atoms with Crippen LogP contribution in [0.15, 0.2) is 57.6 Å². The molecule has 0 amide bonds. The molecule has 180 valence electrons. The largest absolute Gasteiger partial charge is 0.341 e. The Morgan fingerprint density at radius 1 is 0.971 bits per heavy atom. The summed E-state index contributed by atoms with van der Waals surface area (Å²) >= 11 is 1.41. The number of nitrogens with zero attached hydrogens (tertiary/aromatic N) is 8. The lowest BCUT2D eigenvalue weighted by Gasteiger charge is -2.20. The molecular formula is C23H25N9O2S. The lowest BCUT2D eigenvalue weighted by molar-refractivity contribution is -0.384. The van der Waals surface area contributed by atoms with E-state index in [-0.39, 0.29) is 5.69 Å². The SMILES string of the molecule is O=[N+]([O-])c1ccc(Sc2ccccn2)c(C=NNc2nc(N3CCCC3)nc(N3CCCC3)n2)c1. The number of aromatic nitrogens is 4. The van der Waals surface area contributed by atoms with Crippen molar-refractivity contribution in [3.8, 4) is 0 Å². The van der Waals surface area contributed by atoms with Gasteiger partial charge in [0.2, 0.25) is 17.8 Å². The molecule has 1 N–H and O–H groups in total. The van der Waals surface area contributed by atoms with E-state index in [0.717, 1.165) is 61.8 Å². The summed E-state index contributed by atoms with van der Waals surface area (Å²) < 4.78 is 0. The first-order valence-electron chi connectivity index (χ1n) is 11.6. The lowest BCUT2D eigenvalue weighted by atomic mass is 10.2. The summed E-state index contributed by atoms with van der Waals surface area (Å²) in [5, 5.41) is 16.4. The number of pyridine rings is 1. The van der Waals surface area contributed by atoms with Crippen LogP contribution in [0, 0.1) is 10.1 Å². The highest BCUT2D eigenvalue weighted by Gasteiger charge is 2.21. The van der Waals surface area contributed by atoms with Crippen molar-refractivity contribution >= 4 is 41.5 Å². The smallest absolute Gasteiger partial charge is 0.270 e. The van der Waals surface area contributed by atoms with Crippen LogP contribution in [0.4, 0.5) is 23.5 Å². The number of anilines is 3. The normalized spacial score (nSPS) is 15.8. The van der Waals surface area contributed by atoms with Crippen LogP contribution in [0.5, 0.6) is 0 Å². The summed E-state index contributed by atoms with van der Waals surface area (Å²) in [5.74, 6) is 1.65. The average molecular weight is 492 g/mol. The second-order valence-corrected chi connectivity index (χ2v) is 9.33. The van der Waals surface area contributed by atoms with Gasteiger partial charge in [0.25, 0.3) is 5.69 Å². The van der Waals surface area contributed by atoms with Gasteiger partial charge in [-0.1, -0.05) is 17.8 Å². The molecule has 5 rings (SSSR count). The van der Waals surface area contributed by atoms with Crippen LogP contribution in [-0.4, -0.2) is 57.3 Å². The summed E-state index contributed by atoms with van der Waals surface area (Å²) in [5.41, 5.74) is 3.50. The van der Waals surface area contributed by atoms with Gasteiger partial charge < -0.3 is 9.80 Å². The molecule has 2 fully saturated rings. The van der Waals surface area contributed by atoms with Crippen molar-refractivity contribution in [1.29, 1.82) is 0 Å². The van der Waals surface area contributed by atoms with Crippen LogP contribution >= 0.6 is 11.8 Å². The molecule has 2 aliphatic heterocycles. The fraction of sp³-hybridized carbons (Fsp3) is 0.348. The van der Waals surface area contributed by atoms with Gasteiger partial charge >= 0.3 is 0 Å². The van der Waals surface area contributed by atoms with E-state index in [1.807, 2.05) is 18.2 Å². The summed E-state index contributed by atoms with van der Waals surface area (Å²) in [6.45, 7) is 3.70. The highest BCUT2D eigenvalue weighted by Crippen LogP contribution is 2.30. The summed E-state index contributed by atoms with van der Waals surface area (Å²) in [6, 6.07) is 10.3. The zero-order chi connectivity index (χ0) is 24.0. The Morgan fingerprint density at radius 3 is 2.26 bits per heavy atom. The summed E-state index contributed by atoms with van der Waals surface area (Å²) in [4.78, 5) is 34.2. The first-order valence-corrected chi connectivity index (χ1v) is 12.4. The number of hydrogen-bond donors (Lipinski definition) is 1. The fourth-order valence-corrected chi connectivity index (χ4v) is 4.89. The molecule has 1 aromatic carbocycles. The van der Waals surface area contributed by atoms with Gasteiger partial charge in [-0.3, -0.25) is 10.1 Å². The molecule has 4 heterocycles. The van der Waals surface area contributed by atoms with Gasteiger partial charge in [-0.2, -0.15) is 20.1 Å². The number of non-ortho nitro benzene ring substituents is 1. The lowest BCUT2D eigenvalue weighted by Crippen LogP contribution is -2.25. The van der Waals surface area contributed by atoms with Crippen molar-refractivity contribution in [1.82, 2.24) is 19.9 Å². The zero-order valence-electron chi connectivity index (χ0n) is 19.1. The molecule has 2 saturated heterocycles. The van der Waals surface area contributed by atoms with Gasteiger partial charge in [-0.15, -0.1) is 0 Å². The average Bonchev–Trinajstić information content (AvgIpc) is 3.60. The van der Waals surface area contributed by atoms with Crippen molar-refractivity contribution in [3.63, 3.8) is 0 Å². The van der Waals surface area contributed by atoms with E-state index in [1.54, 1.807) is 18.5 Å². The van der Waals surface area contributed by atoms with Gasteiger partial charge in [0.1, 0.15) is 5.03 Å². The number of nitrogens with one attached hydrogen (secondary N) is 1. The number of nitro groups is 1. The van der Waals surface area contributed by atoms with Crippen molar-refractivity contribution in [2.24, 2.45) is 5.10 Å². The van der Waals surface area contributed by atoms with Gasteiger partial charge in [0.15, 0.2) is 0 Å². The Kier molecular flexibility index (Phi) is 6.98. The van der Waals surface area contributed by atoms with Crippen LogP contribution in [0.3, 0.4) is 0 Å². The quantitative estimate of drug-likeness (QED) is 0.281. The number of hydrazone groups is 1. The maximum Gasteiger partial charge on any atom is 0.270 e. The first kappa shape index (κ1) is 23.0. The van der Waals surface area contributed by atoms with Crippen molar-refractivity contribution in [2.75, 3.05) is 41.4 Å². The molecule has 12 heteroatoms. The number of benzene rings is 1. The number of rotatable bonds is 8. The number of nitro benzene ring substituents is 1. The second-order valence-electron chi connectivity index (χ2n) is 8.27. The van der Waals surface area contributed by atoms with Crippen LogP contribution in [0.1, 0.15) is 31.2 Å². The van der Waals surface area contributed by atoms with Crippen molar-refractivity contribution in [3.05, 3.63) is 58.3 Å². The molecule has 0 unspecified atom stereocenters. The minimum Gasteiger partial charge on any atom is -0.341 e. The topological polar surface area (TPSA) is 126 Å². The van der Waals surface area contributed by atoms with E-state index >= 15 is 0 Å². The third-order valence-electron chi connectivity index (χ3n) is 5.81. The first-order chi connectivity index (χ1) is 17.2. The van der Waals surface area contributed by atoms with Crippen LogP contribution in [0.2, 0.25) is 0 Å². The van der Waals surface area contributed by atoms with E-state index in [2.05, 4.69) is 35.3 Å². The van der Waals surface area contributed by atoms with Crippen LogP contribution in [0.25, 0.3) is 0 Å². The zero-order valence-corrected chi connectivity index (χ0v) is 19.9. The third kappa shape index (κ3) is 5.65. The molecule has 35 heavy (non-hydrogen) atoms. The molecule has 0 atom stereocenters. The number of hydrogen-bond acceptors (Lipinski definition) is 11. The molecule has 2 aliphatic rings. The molecule has 0 radical (unpaired) electrons. The van der Waals surface area contributed by atoms with E-state index in [9.17, 15) is 10.1 Å². The Bertz CT molecular complexity index is 1180. The summed E-state index contributed by atoms with van der Waals surface area (Å²) in [7, 11) is 0. The highest BCUT2D eigenvalue weighted by molar-refractivity contribution is 7.99. The molecule has 0 bridgehead atoms. The van der Waals surface area contributed by atoms with Crippen LogP contribution < -0.4 is 15.2 Å². The Balaban J connectivity index is 1.40. The predicted octanol–water partition coefficient (Wildman–Crippen LogP) is 3.97. The van der Waals surface area contributed by atoms with Crippen molar-refractivity contribution in [2.45, 2.75) is 35.6 Å². The highest BCUT2D eigenvalue weighted by atomic mass is 32.2. The van der Waals surface area contributed by atoms with Gasteiger partial charge in [-0.05, 0) is 43.9 Å².